The zero-order valence-corrected chi connectivity index (χ0v) is 13.2. The summed E-state index contributed by atoms with van der Waals surface area (Å²) in [6.45, 7) is 6.93. The molecule has 1 N–H and O–H groups in total. The van der Waals surface area contributed by atoms with Crippen molar-refractivity contribution in [1.29, 1.82) is 0 Å². The highest BCUT2D eigenvalue weighted by atomic mass is 35.5. The smallest absolute Gasteiger partial charge is 0.238 e. The summed E-state index contributed by atoms with van der Waals surface area (Å²) in [6.07, 6.45) is 2.12. The predicted molar refractivity (Wildman–Crippen MR) is 82.6 cm³/mol. The highest BCUT2D eigenvalue weighted by Gasteiger charge is 2.37. The van der Waals surface area contributed by atoms with E-state index < -0.39 is 0 Å². The van der Waals surface area contributed by atoms with Crippen LogP contribution in [0.4, 0.5) is 0 Å². The fourth-order valence-electron chi connectivity index (χ4n) is 3.13. The first-order chi connectivity index (χ1) is 9.58. The van der Waals surface area contributed by atoms with Crippen LogP contribution < -0.4 is 5.32 Å². The number of nitrogens with one attached hydrogen (secondary N) is 1. The molecule has 4 heteroatoms. The van der Waals surface area contributed by atoms with Gasteiger partial charge in [-0.05, 0) is 30.5 Å². The molecule has 0 spiro atoms. The summed E-state index contributed by atoms with van der Waals surface area (Å²) in [5.74, 6) is 0.704. The van der Waals surface area contributed by atoms with E-state index in [0.717, 1.165) is 18.4 Å². The summed E-state index contributed by atoms with van der Waals surface area (Å²) in [7, 11) is 0. The van der Waals surface area contributed by atoms with Crippen LogP contribution in [0.2, 0.25) is 5.02 Å². The first kappa shape index (κ1) is 15.3. The first-order valence-electron chi connectivity index (χ1n) is 7.38. The molecule has 0 saturated carbocycles. The third kappa shape index (κ3) is 2.99. The van der Waals surface area contributed by atoms with Crippen LogP contribution in [0.25, 0.3) is 0 Å². The normalized spacial score (nSPS) is 20.8. The van der Waals surface area contributed by atoms with E-state index in [1.807, 2.05) is 29.2 Å². The van der Waals surface area contributed by atoms with Gasteiger partial charge in [0.25, 0.3) is 0 Å². The number of carbonyl (C=O) groups excluding carboxylic acids is 1. The molecule has 3 nitrogen and oxygen atoms in total. The summed E-state index contributed by atoms with van der Waals surface area (Å²) in [5.41, 5.74) is 1.06. The SMILES string of the molecule is CCC(CC)C(C)N1C(=O)CNC1c1cccc(Cl)c1. The average molecular weight is 295 g/mol. The lowest BCUT2D eigenvalue weighted by molar-refractivity contribution is -0.131. The second-order valence-corrected chi connectivity index (χ2v) is 5.89. The van der Waals surface area contributed by atoms with E-state index in [1.54, 1.807) is 0 Å². The highest BCUT2D eigenvalue weighted by molar-refractivity contribution is 6.30. The van der Waals surface area contributed by atoms with Crippen molar-refractivity contribution in [2.45, 2.75) is 45.8 Å². The van der Waals surface area contributed by atoms with Crippen LogP contribution >= 0.6 is 11.6 Å². The molecule has 1 heterocycles. The Morgan fingerprint density at radius 1 is 1.40 bits per heavy atom. The molecule has 20 heavy (non-hydrogen) atoms. The molecule has 2 atom stereocenters. The van der Waals surface area contributed by atoms with Crippen LogP contribution in [0.3, 0.4) is 0 Å². The number of rotatable bonds is 5. The van der Waals surface area contributed by atoms with Crippen LogP contribution in [0.15, 0.2) is 24.3 Å². The van der Waals surface area contributed by atoms with E-state index in [2.05, 4.69) is 26.1 Å². The lowest BCUT2D eigenvalue weighted by atomic mass is 9.93. The highest BCUT2D eigenvalue weighted by Crippen LogP contribution is 2.30. The Labute approximate surface area is 126 Å². The number of hydrogen-bond donors (Lipinski definition) is 1. The van der Waals surface area contributed by atoms with Crippen molar-refractivity contribution in [3.63, 3.8) is 0 Å². The van der Waals surface area contributed by atoms with Gasteiger partial charge < -0.3 is 4.90 Å². The van der Waals surface area contributed by atoms with E-state index in [1.165, 1.54) is 0 Å². The Balaban J connectivity index is 2.26. The van der Waals surface area contributed by atoms with Gasteiger partial charge in [-0.3, -0.25) is 10.1 Å². The summed E-state index contributed by atoms with van der Waals surface area (Å²) in [5, 5.41) is 4.01. The van der Waals surface area contributed by atoms with Crippen molar-refractivity contribution in [2.75, 3.05) is 6.54 Å². The van der Waals surface area contributed by atoms with Crippen LogP contribution in [0.1, 0.15) is 45.3 Å². The maximum absolute atomic E-state index is 12.3. The fraction of sp³-hybridized carbons (Fsp3) is 0.562. The molecule has 1 aromatic rings. The Kier molecular flexibility index (Phi) is 5.06. The molecule has 0 aromatic heterocycles. The third-order valence-corrected chi connectivity index (χ3v) is 4.58. The fourth-order valence-corrected chi connectivity index (χ4v) is 3.33. The van der Waals surface area contributed by atoms with Crippen molar-refractivity contribution in [3.8, 4) is 0 Å². The number of halogens is 1. The summed E-state index contributed by atoms with van der Waals surface area (Å²) in [6, 6.07) is 7.98. The molecule has 1 amide bonds. The monoisotopic (exact) mass is 294 g/mol. The molecule has 0 aliphatic carbocycles. The number of nitrogens with zero attached hydrogens (tertiary/aromatic N) is 1. The van der Waals surface area contributed by atoms with E-state index in [4.69, 9.17) is 11.6 Å². The number of amides is 1. The maximum Gasteiger partial charge on any atom is 0.238 e. The predicted octanol–water partition coefficient (Wildman–Crippen LogP) is 3.60. The van der Waals surface area contributed by atoms with Gasteiger partial charge in [-0.2, -0.15) is 0 Å². The molecule has 1 fully saturated rings. The van der Waals surface area contributed by atoms with E-state index >= 15 is 0 Å². The van der Waals surface area contributed by atoms with Crippen molar-refractivity contribution in [1.82, 2.24) is 10.2 Å². The second kappa shape index (κ2) is 6.59. The lowest BCUT2D eigenvalue weighted by Gasteiger charge is -2.35. The number of hydrogen-bond acceptors (Lipinski definition) is 2. The van der Waals surface area contributed by atoms with Crippen LogP contribution in [-0.2, 0) is 4.79 Å². The minimum absolute atomic E-state index is 0.0585. The van der Waals surface area contributed by atoms with Gasteiger partial charge in [0.1, 0.15) is 6.17 Å². The minimum Gasteiger partial charge on any atom is -0.319 e. The Hall–Kier alpha value is -1.06. The molecule has 2 rings (SSSR count). The van der Waals surface area contributed by atoms with E-state index in [0.29, 0.717) is 17.5 Å². The standard InChI is InChI=1S/C16H23ClN2O/c1-4-12(5-2)11(3)19-15(20)10-18-16(19)13-7-6-8-14(17)9-13/h6-9,11-12,16,18H,4-5,10H2,1-3H3. The molecule has 110 valence electrons. The molecular formula is C16H23ClN2O. The van der Waals surface area contributed by atoms with Gasteiger partial charge in [0, 0.05) is 11.1 Å². The Bertz CT molecular complexity index is 473. The second-order valence-electron chi connectivity index (χ2n) is 5.46. The summed E-state index contributed by atoms with van der Waals surface area (Å²) in [4.78, 5) is 14.2. The van der Waals surface area contributed by atoms with Crippen LogP contribution in [-0.4, -0.2) is 23.4 Å². The van der Waals surface area contributed by atoms with Crippen molar-refractivity contribution in [3.05, 3.63) is 34.9 Å². The Morgan fingerprint density at radius 3 is 2.70 bits per heavy atom. The minimum atomic E-state index is -0.0585. The van der Waals surface area contributed by atoms with Crippen molar-refractivity contribution >= 4 is 17.5 Å². The van der Waals surface area contributed by atoms with Gasteiger partial charge in [0.15, 0.2) is 0 Å². The topological polar surface area (TPSA) is 32.3 Å². The first-order valence-corrected chi connectivity index (χ1v) is 7.76. The number of benzene rings is 1. The lowest BCUT2D eigenvalue weighted by Crippen LogP contribution is -2.42. The molecule has 1 aromatic carbocycles. The van der Waals surface area contributed by atoms with Gasteiger partial charge in [0.05, 0.1) is 6.54 Å². The molecular weight excluding hydrogens is 272 g/mol. The molecule has 1 aliphatic heterocycles. The van der Waals surface area contributed by atoms with Crippen molar-refractivity contribution < 1.29 is 4.79 Å². The van der Waals surface area contributed by atoms with Gasteiger partial charge in [-0.1, -0.05) is 50.4 Å². The number of carbonyl (C=O) groups is 1. The van der Waals surface area contributed by atoms with Gasteiger partial charge in [-0.15, -0.1) is 0 Å². The molecule has 1 aliphatic rings. The Morgan fingerprint density at radius 2 is 2.10 bits per heavy atom. The average Bonchev–Trinajstić information content (AvgIpc) is 2.82. The molecule has 1 saturated heterocycles. The van der Waals surface area contributed by atoms with Gasteiger partial charge in [-0.25, -0.2) is 0 Å². The molecule has 2 unspecified atom stereocenters. The van der Waals surface area contributed by atoms with Crippen LogP contribution in [0, 0.1) is 5.92 Å². The zero-order valence-electron chi connectivity index (χ0n) is 12.4. The van der Waals surface area contributed by atoms with Gasteiger partial charge in [0.2, 0.25) is 5.91 Å². The summed E-state index contributed by atoms with van der Waals surface area (Å²) < 4.78 is 0. The van der Waals surface area contributed by atoms with Crippen LogP contribution in [0.5, 0.6) is 0 Å². The maximum atomic E-state index is 12.3. The summed E-state index contributed by atoms with van der Waals surface area (Å²) >= 11 is 6.07. The molecule has 0 bridgehead atoms. The largest absolute Gasteiger partial charge is 0.319 e. The molecule has 0 radical (unpaired) electrons. The van der Waals surface area contributed by atoms with Crippen molar-refractivity contribution in [2.24, 2.45) is 5.92 Å². The van der Waals surface area contributed by atoms with Gasteiger partial charge >= 0.3 is 0 Å². The third-order valence-electron chi connectivity index (χ3n) is 4.35. The van der Waals surface area contributed by atoms with E-state index in [-0.39, 0.29) is 18.1 Å². The van der Waals surface area contributed by atoms with E-state index in [9.17, 15) is 4.79 Å². The zero-order chi connectivity index (χ0) is 14.7. The quantitative estimate of drug-likeness (QED) is 0.900.